The highest BCUT2D eigenvalue weighted by atomic mass is 16.3. The number of rotatable bonds is 4. The van der Waals surface area contributed by atoms with E-state index in [1.165, 1.54) is 0 Å². The van der Waals surface area contributed by atoms with Crippen molar-refractivity contribution in [2.45, 2.75) is 52.1 Å². The van der Waals surface area contributed by atoms with Gasteiger partial charge in [0.1, 0.15) is 5.76 Å². The Morgan fingerprint density at radius 1 is 1.22 bits per heavy atom. The minimum absolute atomic E-state index is 0.00782. The molecule has 1 N–H and O–H groups in total. The molecule has 3 heterocycles. The lowest BCUT2D eigenvalue weighted by Gasteiger charge is -2.34. The molecule has 27 heavy (non-hydrogen) atoms. The SMILES string of the molecule is CC(C)(C)N1CC(C(=O)N2CCC(C(=O)NCc3ccco3)CC2)CC1=O. The number of carbonyl (C=O) groups excluding carboxylic acids is 3. The summed E-state index contributed by atoms with van der Waals surface area (Å²) < 4.78 is 5.22. The first kappa shape index (κ1) is 19.5. The van der Waals surface area contributed by atoms with Crippen molar-refractivity contribution in [2.75, 3.05) is 19.6 Å². The molecule has 0 aliphatic carbocycles. The van der Waals surface area contributed by atoms with E-state index < -0.39 is 0 Å². The third kappa shape index (κ3) is 4.51. The lowest BCUT2D eigenvalue weighted by atomic mass is 9.94. The number of furan rings is 1. The number of hydrogen-bond acceptors (Lipinski definition) is 4. The monoisotopic (exact) mass is 375 g/mol. The molecule has 7 nitrogen and oxygen atoms in total. The van der Waals surface area contributed by atoms with Crippen LogP contribution in [0.4, 0.5) is 0 Å². The number of amides is 3. The van der Waals surface area contributed by atoms with Gasteiger partial charge in [-0.15, -0.1) is 0 Å². The van der Waals surface area contributed by atoms with Gasteiger partial charge in [0.2, 0.25) is 17.7 Å². The van der Waals surface area contributed by atoms with Gasteiger partial charge in [0.25, 0.3) is 0 Å². The van der Waals surface area contributed by atoms with Crippen LogP contribution in [-0.4, -0.2) is 52.7 Å². The van der Waals surface area contributed by atoms with E-state index in [1.807, 2.05) is 31.7 Å². The van der Waals surface area contributed by atoms with Crippen molar-refractivity contribution in [1.29, 1.82) is 0 Å². The topological polar surface area (TPSA) is 82.9 Å². The Balaban J connectivity index is 1.47. The first-order valence-electron chi connectivity index (χ1n) is 9.65. The van der Waals surface area contributed by atoms with E-state index in [9.17, 15) is 14.4 Å². The highest BCUT2D eigenvalue weighted by molar-refractivity contribution is 5.90. The van der Waals surface area contributed by atoms with Gasteiger partial charge < -0.3 is 19.5 Å². The summed E-state index contributed by atoms with van der Waals surface area (Å²) in [6.07, 6.45) is 3.18. The zero-order valence-electron chi connectivity index (χ0n) is 16.4. The van der Waals surface area contributed by atoms with Crippen LogP contribution in [0.5, 0.6) is 0 Å². The van der Waals surface area contributed by atoms with E-state index in [1.54, 1.807) is 17.2 Å². The van der Waals surface area contributed by atoms with E-state index in [2.05, 4.69) is 5.32 Å². The van der Waals surface area contributed by atoms with Crippen LogP contribution in [-0.2, 0) is 20.9 Å². The molecule has 2 saturated heterocycles. The van der Waals surface area contributed by atoms with Gasteiger partial charge in [-0.25, -0.2) is 0 Å². The molecule has 0 aromatic carbocycles. The van der Waals surface area contributed by atoms with Crippen molar-refractivity contribution in [3.8, 4) is 0 Å². The molecule has 0 saturated carbocycles. The fourth-order valence-corrected chi connectivity index (χ4v) is 3.87. The zero-order valence-corrected chi connectivity index (χ0v) is 16.4. The fraction of sp³-hybridized carbons (Fsp3) is 0.650. The maximum absolute atomic E-state index is 12.8. The quantitative estimate of drug-likeness (QED) is 0.870. The van der Waals surface area contributed by atoms with Gasteiger partial charge in [-0.1, -0.05) is 0 Å². The Kier molecular flexibility index (Phi) is 5.58. The third-order valence-electron chi connectivity index (χ3n) is 5.48. The summed E-state index contributed by atoms with van der Waals surface area (Å²) in [5.74, 6) is 0.484. The van der Waals surface area contributed by atoms with Gasteiger partial charge in [0.15, 0.2) is 0 Å². The van der Waals surface area contributed by atoms with Crippen LogP contribution < -0.4 is 5.32 Å². The van der Waals surface area contributed by atoms with E-state index in [0.717, 1.165) is 5.76 Å². The van der Waals surface area contributed by atoms with Crippen molar-refractivity contribution in [3.05, 3.63) is 24.2 Å². The average Bonchev–Trinajstić information content (AvgIpc) is 3.28. The van der Waals surface area contributed by atoms with Crippen molar-refractivity contribution in [1.82, 2.24) is 15.1 Å². The molecular weight excluding hydrogens is 346 g/mol. The van der Waals surface area contributed by atoms with Gasteiger partial charge in [0.05, 0.1) is 18.7 Å². The summed E-state index contributed by atoms with van der Waals surface area (Å²) in [6, 6.07) is 3.62. The van der Waals surface area contributed by atoms with Crippen LogP contribution in [0.25, 0.3) is 0 Å². The molecule has 2 aliphatic rings. The number of likely N-dealkylation sites (tertiary alicyclic amines) is 2. The predicted octanol–water partition coefficient (Wildman–Crippen LogP) is 1.78. The molecule has 3 rings (SSSR count). The third-order valence-corrected chi connectivity index (χ3v) is 5.48. The van der Waals surface area contributed by atoms with Crippen LogP contribution in [0.1, 0.15) is 45.8 Å². The Bertz CT molecular complexity index is 685. The molecule has 2 fully saturated rings. The number of nitrogens with one attached hydrogen (secondary N) is 1. The standard InChI is InChI=1S/C20H29N3O4/c1-20(2,3)23-13-15(11-17(23)24)19(26)22-8-6-14(7-9-22)18(25)21-12-16-5-4-10-27-16/h4-5,10,14-15H,6-9,11-13H2,1-3H3,(H,21,25). The van der Waals surface area contributed by atoms with Gasteiger partial charge in [-0.05, 0) is 45.7 Å². The Morgan fingerprint density at radius 2 is 1.93 bits per heavy atom. The second-order valence-electron chi connectivity index (χ2n) is 8.47. The van der Waals surface area contributed by atoms with Crippen LogP contribution >= 0.6 is 0 Å². The Labute approximate surface area is 160 Å². The van der Waals surface area contributed by atoms with Gasteiger partial charge in [-0.2, -0.15) is 0 Å². The summed E-state index contributed by atoms with van der Waals surface area (Å²) in [5.41, 5.74) is -0.259. The van der Waals surface area contributed by atoms with E-state index in [-0.39, 0.29) is 35.1 Å². The van der Waals surface area contributed by atoms with E-state index >= 15 is 0 Å². The number of nitrogens with zero attached hydrogens (tertiary/aromatic N) is 2. The summed E-state index contributed by atoms with van der Waals surface area (Å²) in [4.78, 5) is 41.0. The van der Waals surface area contributed by atoms with Crippen molar-refractivity contribution >= 4 is 17.7 Å². The summed E-state index contributed by atoms with van der Waals surface area (Å²) in [7, 11) is 0. The summed E-state index contributed by atoms with van der Waals surface area (Å²) >= 11 is 0. The minimum Gasteiger partial charge on any atom is -0.467 e. The summed E-state index contributed by atoms with van der Waals surface area (Å²) in [6.45, 7) is 7.98. The van der Waals surface area contributed by atoms with E-state index in [0.29, 0.717) is 45.4 Å². The average molecular weight is 375 g/mol. The largest absolute Gasteiger partial charge is 0.467 e. The molecule has 0 bridgehead atoms. The molecule has 1 atom stereocenters. The van der Waals surface area contributed by atoms with E-state index in [4.69, 9.17) is 4.42 Å². The van der Waals surface area contributed by atoms with Crippen molar-refractivity contribution in [2.24, 2.45) is 11.8 Å². The lowest BCUT2D eigenvalue weighted by molar-refractivity contribution is -0.139. The zero-order chi connectivity index (χ0) is 19.6. The van der Waals surface area contributed by atoms with Gasteiger partial charge in [0, 0.05) is 37.5 Å². The van der Waals surface area contributed by atoms with Crippen LogP contribution in [0.2, 0.25) is 0 Å². The molecule has 0 radical (unpaired) electrons. The highest BCUT2D eigenvalue weighted by Gasteiger charge is 2.41. The minimum atomic E-state index is -0.263. The highest BCUT2D eigenvalue weighted by Crippen LogP contribution is 2.28. The molecule has 0 spiro atoms. The maximum Gasteiger partial charge on any atom is 0.227 e. The maximum atomic E-state index is 12.8. The molecule has 3 amide bonds. The molecule has 1 unspecified atom stereocenters. The van der Waals surface area contributed by atoms with Crippen molar-refractivity contribution in [3.63, 3.8) is 0 Å². The molecule has 7 heteroatoms. The Hall–Kier alpha value is -2.31. The van der Waals surface area contributed by atoms with Gasteiger partial charge in [-0.3, -0.25) is 14.4 Å². The number of hydrogen-bond donors (Lipinski definition) is 1. The molecular formula is C20H29N3O4. The molecule has 2 aliphatic heterocycles. The van der Waals surface area contributed by atoms with Crippen molar-refractivity contribution < 1.29 is 18.8 Å². The fourth-order valence-electron chi connectivity index (χ4n) is 3.87. The lowest BCUT2D eigenvalue weighted by Crippen LogP contribution is -2.46. The molecule has 148 valence electrons. The second-order valence-corrected chi connectivity index (χ2v) is 8.47. The first-order chi connectivity index (χ1) is 12.8. The normalized spacial score (nSPS) is 21.6. The first-order valence-corrected chi connectivity index (χ1v) is 9.65. The number of piperidine rings is 1. The molecule has 1 aromatic rings. The van der Waals surface area contributed by atoms with Gasteiger partial charge >= 0.3 is 0 Å². The predicted molar refractivity (Wildman–Crippen MR) is 99.4 cm³/mol. The smallest absolute Gasteiger partial charge is 0.227 e. The molecule has 1 aromatic heterocycles. The van der Waals surface area contributed by atoms with Crippen LogP contribution in [0.3, 0.4) is 0 Å². The van der Waals surface area contributed by atoms with Crippen LogP contribution in [0, 0.1) is 11.8 Å². The summed E-state index contributed by atoms with van der Waals surface area (Å²) in [5, 5.41) is 2.89. The number of carbonyl (C=O) groups is 3. The second kappa shape index (κ2) is 7.74. The Morgan fingerprint density at radius 3 is 2.48 bits per heavy atom. The van der Waals surface area contributed by atoms with Crippen LogP contribution in [0.15, 0.2) is 22.8 Å².